The number of carbonyl (C=O) groups is 1. The molecule has 0 saturated heterocycles. The van der Waals surface area contributed by atoms with Gasteiger partial charge in [0.05, 0.1) is 6.20 Å². The summed E-state index contributed by atoms with van der Waals surface area (Å²) < 4.78 is 3.29. The van der Waals surface area contributed by atoms with Crippen LogP contribution in [-0.2, 0) is 19.5 Å². The van der Waals surface area contributed by atoms with Crippen molar-refractivity contribution in [1.82, 2.24) is 29.2 Å². The van der Waals surface area contributed by atoms with Crippen molar-refractivity contribution < 1.29 is 4.79 Å². The van der Waals surface area contributed by atoms with Gasteiger partial charge in [-0.2, -0.15) is 5.10 Å². The van der Waals surface area contributed by atoms with E-state index < -0.39 is 0 Å². The molecule has 4 rings (SSSR count). The minimum Gasteiger partial charge on any atom is -0.335 e. The van der Waals surface area contributed by atoms with Crippen LogP contribution in [0.4, 0.5) is 0 Å². The van der Waals surface area contributed by atoms with Crippen molar-refractivity contribution in [3.05, 3.63) is 40.6 Å². The number of carbonyl (C=O) groups excluding carboxylic acids is 1. The number of nitrogens with zero attached hydrogens (tertiary/aromatic N) is 6. The Bertz CT molecular complexity index is 777. The fourth-order valence-electron chi connectivity index (χ4n) is 2.90. The average molecular weight is 314 g/mol. The third-order valence-electron chi connectivity index (χ3n) is 4.40. The molecule has 1 fully saturated rings. The van der Waals surface area contributed by atoms with Gasteiger partial charge in [-0.1, -0.05) is 0 Å². The smallest absolute Gasteiger partial charge is 0.335 e. The highest BCUT2D eigenvalue weighted by Gasteiger charge is 2.27. The number of fused-ring (bicyclic) bond motifs is 1. The van der Waals surface area contributed by atoms with Crippen LogP contribution in [-0.4, -0.2) is 48.2 Å². The van der Waals surface area contributed by atoms with E-state index >= 15 is 0 Å². The quantitative estimate of drug-likeness (QED) is 0.792. The largest absolute Gasteiger partial charge is 0.345 e. The maximum atomic E-state index is 12.4. The standard InChI is InChI=1S/C15H18N6O2/c22-14(12-9-16-4-5-17-12)19-6-3-13-18-21(10-11-1-2-11)15(23)20(13)8-7-19/h4-5,9,11H,1-3,6-8,10H2. The van der Waals surface area contributed by atoms with Crippen LogP contribution in [0.1, 0.15) is 29.2 Å². The van der Waals surface area contributed by atoms with E-state index in [1.807, 2.05) is 0 Å². The molecule has 2 aromatic heterocycles. The highest BCUT2D eigenvalue weighted by molar-refractivity contribution is 5.91. The number of aromatic nitrogens is 5. The van der Waals surface area contributed by atoms with E-state index in [1.54, 1.807) is 14.1 Å². The Kier molecular flexibility index (Phi) is 3.44. The molecular weight excluding hydrogens is 296 g/mol. The maximum Gasteiger partial charge on any atom is 0.345 e. The molecule has 1 aliphatic carbocycles. The van der Waals surface area contributed by atoms with Gasteiger partial charge in [-0.15, -0.1) is 0 Å². The van der Waals surface area contributed by atoms with Crippen LogP contribution >= 0.6 is 0 Å². The summed E-state index contributed by atoms with van der Waals surface area (Å²) in [5, 5.41) is 4.46. The number of hydrogen-bond donors (Lipinski definition) is 0. The van der Waals surface area contributed by atoms with Crippen molar-refractivity contribution in [1.29, 1.82) is 0 Å². The molecule has 3 heterocycles. The lowest BCUT2D eigenvalue weighted by molar-refractivity contribution is 0.0752. The Morgan fingerprint density at radius 3 is 2.83 bits per heavy atom. The fraction of sp³-hybridized carbons (Fsp3) is 0.533. The molecule has 0 aromatic carbocycles. The molecule has 120 valence electrons. The molecule has 0 N–H and O–H groups in total. The van der Waals surface area contributed by atoms with Crippen molar-refractivity contribution in [2.75, 3.05) is 13.1 Å². The second-order valence-electron chi connectivity index (χ2n) is 6.11. The molecule has 2 aromatic rings. The zero-order valence-electron chi connectivity index (χ0n) is 12.8. The van der Waals surface area contributed by atoms with Crippen LogP contribution in [0.5, 0.6) is 0 Å². The van der Waals surface area contributed by atoms with Crippen molar-refractivity contribution in [3.8, 4) is 0 Å². The predicted octanol–water partition coefficient (Wildman–Crippen LogP) is -0.0567. The van der Waals surface area contributed by atoms with Crippen molar-refractivity contribution in [2.24, 2.45) is 5.92 Å². The first-order valence-electron chi connectivity index (χ1n) is 7.94. The highest BCUT2D eigenvalue weighted by Crippen LogP contribution is 2.29. The second kappa shape index (κ2) is 5.60. The Labute approximate surface area is 132 Å². The lowest BCUT2D eigenvalue weighted by atomic mass is 10.3. The van der Waals surface area contributed by atoms with E-state index in [0.29, 0.717) is 37.7 Å². The molecule has 1 saturated carbocycles. The SMILES string of the molecule is O=C(c1cnccn1)N1CCc2nn(CC3CC3)c(=O)n2CC1. The highest BCUT2D eigenvalue weighted by atomic mass is 16.2. The summed E-state index contributed by atoms with van der Waals surface area (Å²) in [6.45, 7) is 2.22. The number of rotatable bonds is 3. The fourth-order valence-corrected chi connectivity index (χ4v) is 2.90. The van der Waals surface area contributed by atoms with Crippen molar-refractivity contribution in [2.45, 2.75) is 32.4 Å². The summed E-state index contributed by atoms with van der Waals surface area (Å²) in [7, 11) is 0. The van der Waals surface area contributed by atoms with Gasteiger partial charge in [-0.3, -0.25) is 14.3 Å². The lowest BCUT2D eigenvalue weighted by Gasteiger charge is -2.19. The molecule has 8 heteroatoms. The molecule has 0 radical (unpaired) electrons. The molecule has 0 spiro atoms. The molecule has 0 atom stereocenters. The predicted molar refractivity (Wildman–Crippen MR) is 80.9 cm³/mol. The maximum absolute atomic E-state index is 12.4. The van der Waals surface area contributed by atoms with Gasteiger partial charge in [0.1, 0.15) is 11.5 Å². The molecular formula is C15H18N6O2. The summed E-state index contributed by atoms with van der Waals surface area (Å²) in [4.78, 5) is 34.5. The number of hydrogen-bond acceptors (Lipinski definition) is 5. The Morgan fingerprint density at radius 1 is 1.22 bits per heavy atom. The van der Waals surface area contributed by atoms with Gasteiger partial charge in [0.15, 0.2) is 0 Å². The molecule has 2 aliphatic rings. The van der Waals surface area contributed by atoms with Gasteiger partial charge in [0, 0.05) is 45.0 Å². The average Bonchev–Trinajstić information content (AvgIpc) is 3.37. The third-order valence-corrected chi connectivity index (χ3v) is 4.40. The summed E-state index contributed by atoms with van der Waals surface area (Å²) in [5.41, 5.74) is 0.277. The van der Waals surface area contributed by atoms with Gasteiger partial charge in [0.2, 0.25) is 0 Å². The van der Waals surface area contributed by atoms with E-state index in [1.165, 1.54) is 31.4 Å². The van der Waals surface area contributed by atoms with Crippen molar-refractivity contribution >= 4 is 5.91 Å². The first kappa shape index (κ1) is 14.1. The van der Waals surface area contributed by atoms with E-state index in [-0.39, 0.29) is 11.6 Å². The van der Waals surface area contributed by atoms with Crippen LogP contribution < -0.4 is 5.69 Å². The normalized spacial score (nSPS) is 17.7. The van der Waals surface area contributed by atoms with Gasteiger partial charge in [-0.05, 0) is 18.8 Å². The van der Waals surface area contributed by atoms with E-state index in [0.717, 1.165) is 12.4 Å². The molecule has 0 unspecified atom stereocenters. The first-order chi connectivity index (χ1) is 11.2. The molecule has 1 aliphatic heterocycles. The van der Waals surface area contributed by atoms with E-state index in [4.69, 9.17) is 0 Å². The minimum absolute atomic E-state index is 0.0549. The topological polar surface area (TPSA) is 85.9 Å². The third kappa shape index (κ3) is 2.76. The first-order valence-corrected chi connectivity index (χ1v) is 7.94. The van der Waals surface area contributed by atoms with Crippen LogP contribution in [0.25, 0.3) is 0 Å². The summed E-state index contributed by atoms with van der Waals surface area (Å²) in [6.07, 6.45) is 7.47. The summed E-state index contributed by atoms with van der Waals surface area (Å²) in [5.74, 6) is 1.23. The Morgan fingerprint density at radius 2 is 2.09 bits per heavy atom. The van der Waals surface area contributed by atoms with Crippen LogP contribution in [0.3, 0.4) is 0 Å². The zero-order valence-corrected chi connectivity index (χ0v) is 12.8. The van der Waals surface area contributed by atoms with Crippen LogP contribution in [0, 0.1) is 5.92 Å². The Hall–Kier alpha value is -2.51. The molecule has 0 bridgehead atoms. The number of amides is 1. The van der Waals surface area contributed by atoms with E-state index in [2.05, 4.69) is 15.1 Å². The van der Waals surface area contributed by atoms with Crippen molar-refractivity contribution in [3.63, 3.8) is 0 Å². The van der Waals surface area contributed by atoms with E-state index in [9.17, 15) is 9.59 Å². The van der Waals surface area contributed by atoms with Gasteiger partial charge in [0.25, 0.3) is 5.91 Å². The summed E-state index contributed by atoms with van der Waals surface area (Å²) >= 11 is 0. The van der Waals surface area contributed by atoms with Gasteiger partial charge >= 0.3 is 5.69 Å². The monoisotopic (exact) mass is 314 g/mol. The summed E-state index contributed by atoms with van der Waals surface area (Å²) in [6, 6.07) is 0. The molecule has 23 heavy (non-hydrogen) atoms. The Balaban J connectivity index is 1.50. The van der Waals surface area contributed by atoms with Crippen LogP contribution in [0.15, 0.2) is 23.4 Å². The minimum atomic E-state index is -0.151. The molecule has 1 amide bonds. The second-order valence-corrected chi connectivity index (χ2v) is 6.11. The van der Waals surface area contributed by atoms with Gasteiger partial charge < -0.3 is 4.90 Å². The van der Waals surface area contributed by atoms with Crippen LogP contribution in [0.2, 0.25) is 0 Å². The zero-order chi connectivity index (χ0) is 15.8. The lowest BCUT2D eigenvalue weighted by Crippen LogP contribution is -2.35. The van der Waals surface area contributed by atoms with Gasteiger partial charge in [-0.25, -0.2) is 14.5 Å². The molecule has 8 nitrogen and oxygen atoms in total.